The lowest BCUT2D eigenvalue weighted by Gasteiger charge is -2.32. The maximum Gasteiger partial charge on any atom is 0.339 e. The van der Waals surface area contributed by atoms with Crippen LogP contribution in [0.15, 0.2) is 6.20 Å². The number of aliphatic hydroxyl groups is 1. The average Bonchev–Trinajstić information content (AvgIpc) is 2.74. The zero-order chi connectivity index (χ0) is 15.1. The zero-order valence-electron chi connectivity index (χ0n) is 12.1. The van der Waals surface area contributed by atoms with Crippen LogP contribution in [-0.4, -0.2) is 50.1 Å². The van der Waals surface area contributed by atoms with Crippen LogP contribution >= 0.6 is 0 Å². The van der Waals surface area contributed by atoms with Crippen molar-refractivity contribution in [3.63, 3.8) is 0 Å². The van der Waals surface area contributed by atoms with E-state index in [-0.39, 0.29) is 11.7 Å². The fourth-order valence-electron chi connectivity index (χ4n) is 2.97. The molecule has 7 nitrogen and oxygen atoms in total. The Balaban J connectivity index is 2.21. The van der Waals surface area contributed by atoms with Gasteiger partial charge in [-0.15, -0.1) is 0 Å². The first-order chi connectivity index (χ1) is 9.99. The molecule has 1 fully saturated rings. The molecule has 0 radical (unpaired) electrons. The summed E-state index contributed by atoms with van der Waals surface area (Å²) in [6, 6.07) is 0. The molecule has 1 saturated heterocycles. The largest absolute Gasteiger partial charge is 0.478 e. The molecule has 0 aromatic carbocycles. The lowest BCUT2D eigenvalue weighted by molar-refractivity contribution is 0.0697. The van der Waals surface area contributed by atoms with Crippen molar-refractivity contribution in [1.29, 1.82) is 0 Å². The van der Waals surface area contributed by atoms with Crippen molar-refractivity contribution in [2.24, 2.45) is 7.05 Å². The molecule has 21 heavy (non-hydrogen) atoms. The second kappa shape index (κ2) is 5.00. The number of aromatic nitrogens is 3. The summed E-state index contributed by atoms with van der Waals surface area (Å²) < 4.78 is 1.67. The zero-order valence-corrected chi connectivity index (χ0v) is 12.1. The Morgan fingerprint density at radius 1 is 1.38 bits per heavy atom. The molecule has 0 unspecified atom stereocenters. The summed E-state index contributed by atoms with van der Waals surface area (Å²) in [5, 5.41) is 24.2. The quantitative estimate of drug-likeness (QED) is 0.855. The second-order valence-corrected chi connectivity index (χ2v) is 5.45. The molecule has 2 N–H and O–H groups in total. The lowest BCUT2D eigenvalue weighted by Crippen LogP contribution is -2.36. The maximum atomic E-state index is 11.5. The van der Waals surface area contributed by atoms with Crippen LogP contribution < -0.4 is 4.90 Å². The third-order valence-electron chi connectivity index (χ3n) is 4.01. The van der Waals surface area contributed by atoms with Gasteiger partial charge >= 0.3 is 5.97 Å². The molecule has 0 atom stereocenters. The summed E-state index contributed by atoms with van der Waals surface area (Å²) in [5.74, 6) is -0.992. The number of rotatable bonds is 2. The van der Waals surface area contributed by atoms with Crippen LogP contribution in [0.25, 0.3) is 11.0 Å². The molecule has 2 aromatic heterocycles. The third kappa shape index (κ3) is 2.23. The van der Waals surface area contributed by atoms with Crippen molar-refractivity contribution in [2.75, 3.05) is 18.0 Å². The Morgan fingerprint density at radius 2 is 2.05 bits per heavy atom. The number of carboxylic acid groups (broad SMARTS) is 1. The van der Waals surface area contributed by atoms with Gasteiger partial charge in [-0.3, -0.25) is 4.68 Å². The molecule has 3 rings (SSSR count). The van der Waals surface area contributed by atoms with Crippen LogP contribution in [-0.2, 0) is 7.05 Å². The molecule has 0 bridgehead atoms. The van der Waals surface area contributed by atoms with E-state index in [4.69, 9.17) is 0 Å². The normalized spacial score (nSPS) is 16.6. The fourth-order valence-corrected chi connectivity index (χ4v) is 2.97. The van der Waals surface area contributed by atoms with E-state index in [0.29, 0.717) is 37.3 Å². The molecular weight excluding hydrogens is 272 g/mol. The van der Waals surface area contributed by atoms with Crippen LogP contribution in [0.5, 0.6) is 0 Å². The molecule has 0 spiro atoms. The Hall–Kier alpha value is -2.15. The first-order valence-corrected chi connectivity index (χ1v) is 6.97. The van der Waals surface area contributed by atoms with Gasteiger partial charge in [0, 0.05) is 26.3 Å². The molecule has 7 heteroatoms. The van der Waals surface area contributed by atoms with Crippen LogP contribution in [0.4, 0.5) is 5.69 Å². The van der Waals surface area contributed by atoms with Gasteiger partial charge in [0.25, 0.3) is 0 Å². The average molecular weight is 290 g/mol. The predicted octanol–water partition coefficient (Wildman–Crippen LogP) is 0.936. The van der Waals surface area contributed by atoms with E-state index in [9.17, 15) is 15.0 Å². The molecule has 3 heterocycles. The first-order valence-electron chi connectivity index (χ1n) is 6.97. The van der Waals surface area contributed by atoms with Crippen LogP contribution in [0.2, 0.25) is 0 Å². The summed E-state index contributed by atoms with van der Waals surface area (Å²) in [4.78, 5) is 17.8. The summed E-state index contributed by atoms with van der Waals surface area (Å²) in [7, 11) is 1.80. The van der Waals surface area contributed by atoms with Gasteiger partial charge in [0.05, 0.1) is 22.9 Å². The van der Waals surface area contributed by atoms with Crippen molar-refractivity contribution in [2.45, 2.75) is 25.9 Å². The number of fused-ring (bicyclic) bond motifs is 1. The summed E-state index contributed by atoms with van der Waals surface area (Å²) in [6.07, 6.45) is 2.37. The maximum absolute atomic E-state index is 11.5. The van der Waals surface area contributed by atoms with Crippen molar-refractivity contribution < 1.29 is 15.0 Å². The van der Waals surface area contributed by atoms with E-state index in [1.54, 1.807) is 11.7 Å². The minimum absolute atomic E-state index is 0.190. The molecule has 1 aliphatic rings. The van der Waals surface area contributed by atoms with E-state index < -0.39 is 5.97 Å². The SMILES string of the molecule is Cc1nn(C)c2ncc(C(=O)O)c(N3CCC(O)CC3)c12. The number of pyridine rings is 1. The van der Waals surface area contributed by atoms with Crippen molar-refractivity contribution in [3.8, 4) is 0 Å². The van der Waals surface area contributed by atoms with Gasteiger partial charge in [0.2, 0.25) is 0 Å². The number of anilines is 1. The van der Waals surface area contributed by atoms with Gasteiger partial charge in [-0.25, -0.2) is 9.78 Å². The number of aryl methyl sites for hydroxylation is 2. The highest BCUT2D eigenvalue weighted by Gasteiger charge is 2.26. The Labute approximate surface area is 121 Å². The van der Waals surface area contributed by atoms with Gasteiger partial charge in [-0.2, -0.15) is 5.10 Å². The number of aromatic carboxylic acids is 1. The number of piperidine rings is 1. The monoisotopic (exact) mass is 290 g/mol. The first kappa shape index (κ1) is 13.8. The summed E-state index contributed by atoms with van der Waals surface area (Å²) in [5.41, 5.74) is 2.31. The highest BCUT2D eigenvalue weighted by atomic mass is 16.4. The number of carboxylic acids is 1. The number of aliphatic hydroxyl groups excluding tert-OH is 1. The van der Waals surface area contributed by atoms with Gasteiger partial charge in [0.15, 0.2) is 5.65 Å². The number of hydrogen-bond donors (Lipinski definition) is 2. The molecule has 0 aliphatic carbocycles. The van der Waals surface area contributed by atoms with Gasteiger partial charge in [0.1, 0.15) is 5.56 Å². The highest BCUT2D eigenvalue weighted by Crippen LogP contribution is 2.33. The van der Waals surface area contributed by atoms with Crippen molar-refractivity contribution in [1.82, 2.24) is 14.8 Å². The standard InChI is InChI=1S/C14H18N4O3/c1-8-11-12(18-5-3-9(19)4-6-18)10(14(20)21)7-15-13(11)17(2)16-8/h7,9,19H,3-6H2,1-2H3,(H,20,21). The number of hydrogen-bond acceptors (Lipinski definition) is 5. The molecule has 1 aliphatic heterocycles. The van der Waals surface area contributed by atoms with E-state index in [0.717, 1.165) is 11.1 Å². The van der Waals surface area contributed by atoms with Crippen molar-refractivity contribution in [3.05, 3.63) is 17.5 Å². The van der Waals surface area contributed by atoms with E-state index >= 15 is 0 Å². The second-order valence-electron chi connectivity index (χ2n) is 5.45. The number of carbonyl (C=O) groups is 1. The molecule has 0 amide bonds. The minimum Gasteiger partial charge on any atom is -0.478 e. The van der Waals surface area contributed by atoms with E-state index in [1.807, 2.05) is 11.8 Å². The third-order valence-corrected chi connectivity index (χ3v) is 4.01. The molecule has 0 saturated carbocycles. The topological polar surface area (TPSA) is 91.5 Å². The molecule has 112 valence electrons. The van der Waals surface area contributed by atoms with Crippen LogP contribution in [0.1, 0.15) is 28.9 Å². The Kier molecular flexibility index (Phi) is 3.29. The summed E-state index contributed by atoms with van der Waals surface area (Å²) >= 11 is 0. The number of nitrogens with zero attached hydrogens (tertiary/aromatic N) is 4. The highest BCUT2D eigenvalue weighted by molar-refractivity contribution is 6.04. The lowest BCUT2D eigenvalue weighted by atomic mass is 10.0. The molecular formula is C14H18N4O3. The van der Waals surface area contributed by atoms with Crippen molar-refractivity contribution >= 4 is 22.7 Å². The molecule has 2 aromatic rings. The fraction of sp³-hybridized carbons (Fsp3) is 0.500. The van der Waals surface area contributed by atoms with Gasteiger partial charge in [-0.1, -0.05) is 0 Å². The Bertz CT molecular complexity index is 702. The van der Waals surface area contributed by atoms with Gasteiger partial charge < -0.3 is 15.1 Å². The van der Waals surface area contributed by atoms with Crippen LogP contribution in [0.3, 0.4) is 0 Å². The predicted molar refractivity (Wildman–Crippen MR) is 77.7 cm³/mol. The van der Waals surface area contributed by atoms with E-state index in [2.05, 4.69) is 10.1 Å². The Morgan fingerprint density at radius 3 is 2.67 bits per heavy atom. The minimum atomic E-state index is -0.992. The van der Waals surface area contributed by atoms with Gasteiger partial charge in [-0.05, 0) is 19.8 Å². The summed E-state index contributed by atoms with van der Waals surface area (Å²) in [6.45, 7) is 3.13. The van der Waals surface area contributed by atoms with Crippen LogP contribution in [0, 0.1) is 6.92 Å². The smallest absolute Gasteiger partial charge is 0.339 e. The van der Waals surface area contributed by atoms with E-state index in [1.165, 1.54) is 6.20 Å².